The predicted octanol–water partition coefficient (Wildman–Crippen LogP) is 2.78. The van der Waals surface area contributed by atoms with E-state index >= 15 is 0 Å². The Bertz CT molecular complexity index is 1020. The third-order valence-corrected chi connectivity index (χ3v) is 6.36. The monoisotopic (exact) mass is 456 g/mol. The Kier molecular flexibility index (Phi) is 7.18. The van der Waals surface area contributed by atoms with E-state index in [0.717, 1.165) is 4.88 Å². The summed E-state index contributed by atoms with van der Waals surface area (Å²) < 4.78 is 19.7. The smallest absolute Gasteiger partial charge is 0.309 e. The van der Waals surface area contributed by atoms with E-state index in [4.69, 9.17) is 4.42 Å². The van der Waals surface area contributed by atoms with Crippen LogP contribution in [0, 0.1) is 5.82 Å². The summed E-state index contributed by atoms with van der Waals surface area (Å²) in [5.41, 5.74) is 0.595. The second-order valence-electron chi connectivity index (χ2n) is 7.48. The van der Waals surface area contributed by atoms with Gasteiger partial charge in [0.1, 0.15) is 11.6 Å². The minimum atomic E-state index is -0.678. The molecular weight excluding hydrogens is 431 g/mol. The van der Waals surface area contributed by atoms with Gasteiger partial charge in [-0.1, -0.05) is 18.2 Å². The Balaban J connectivity index is 1.33. The number of benzene rings is 1. The molecule has 4 rings (SSSR count). The SMILES string of the molecule is O=C(NCc1cccs1)C(=O)NC[C@H](c1ccco1)N1CCN(c2ccccc2F)CC1. The quantitative estimate of drug-likeness (QED) is 0.535. The van der Waals surface area contributed by atoms with Gasteiger partial charge in [-0.05, 0) is 35.7 Å². The standard InChI is InChI=1S/C23H25FN4O3S/c24-18-6-1-2-7-19(18)27-9-11-28(12-10-27)20(21-8-3-13-31-21)16-26-23(30)22(29)25-15-17-5-4-14-32-17/h1-8,13-14,20H,9-12,15-16H2,(H,25,29)(H,26,30)/t20-/m1/s1. The van der Waals surface area contributed by atoms with E-state index in [0.29, 0.717) is 44.2 Å². The van der Waals surface area contributed by atoms with Crippen LogP contribution in [0.15, 0.2) is 64.6 Å². The number of nitrogens with one attached hydrogen (secondary N) is 2. The highest BCUT2D eigenvalue weighted by Gasteiger charge is 2.28. The number of carbonyl (C=O) groups is 2. The number of hydrogen-bond acceptors (Lipinski definition) is 6. The van der Waals surface area contributed by atoms with Crippen molar-refractivity contribution in [3.05, 3.63) is 76.6 Å². The summed E-state index contributed by atoms with van der Waals surface area (Å²) in [6, 6.07) is 14.0. The van der Waals surface area contributed by atoms with Crippen LogP contribution in [0.25, 0.3) is 0 Å². The zero-order valence-corrected chi connectivity index (χ0v) is 18.3. The zero-order valence-electron chi connectivity index (χ0n) is 17.5. The lowest BCUT2D eigenvalue weighted by Crippen LogP contribution is -2.51. The molecular formula is C23H25FN4O3S. The Morgan fingerprint density at radius 2 is 1.78 bits per heavy atom. The van der Waals surface area contributed by atoms with Gasteiger partial charge >= 0.3 is 11.8 Å². The van der Waals surface area contributed by atoms with Crippen molar-refractivity contribution in [2.45, 2.75) is 12.6 Å². The molecule has 1 atom stereocenters. The molecule has 0 saturated carbocycles. The number of hydrogen-bond donors (Lipinski definition) is 2. The van der Waals surface area contributed by atoms with E-state index in [-0.39, 0.29) is 18.4 Å². The Labute approximate surface area is 189 Å². The largest absolute Gasteiger partial charge is 0.468 e. The molecule has 7 nitrogen and oxygen atoms in total. The summed E-state index contributed by atoms with van der Waals surface area (Å²) in [5, 5.41) is 7.28. The zero-order chi connectivity index (χ0) is 22.3. The maximum atomic E-state index is 14.1. The maximum Gasteiger partial charge on any atom is 0.309 e. The first kappa shape index (κ1) is 22.0. The minimum absolute atomic E-state index is 0.221. The molecule has 3 aromatic rings. The number of furan rings is 1. The van der Waals surface area contributed by atoms with Crippen molar-refractivity contribution < 1.29 is 18.4 Å². The summed E-state index contributed by atoms with van der Waals surface area (Å²) in [5.74, 6) is -0.864. The van der Waals surface area contributed by atoms with Crippen LogP contribution in [0.2, 0.25) is 0 Å². The van der Waals surface area contributed by atoms with E-state index in [1.54, 1.807) is 24.5 Å². The topological polar surface area (TPSA) is 77.8 Å². The van der Waals surface area contributed by atoms with E-state index in [1.165, 1.54) is 17.4 Å². The normalized spacial score (nSPS) is 15.3. The van der Waals surface area contributed by atoms with Crippen molar-refractivity contribution in [1.29, 1.82) is 0 Å². The molecule has 0 unspecified atom stereocenters. The van der Waals surface area contributed by atoms with E-state index < -0.39 is 11.8 Å². The molecule has 3 heterocycles. The summed E-state index contributed by atoms with van der Waals surface area (Å²) in [6.07, 6.45) is 1.59. The van der Waals surface area contributed by atoms with Gasteiger partial charge in [-0.15, -0.1) is 11.3 Å². The molecule has 1 aliphatic heterocycles. The van der Waals surface area contributed by atoms with Gasteiger partial charge < -0.3 is 20.0 Å². The van der Waals surface area contributed by atoms with E-state index in [2.05, 4.69) is 15.5 Å². The number of anilines is 1. The number of piperazine rings is 1. The van der Waals surface area contributed by atoms with E-state index in [1.807, 2.05) is 34.5 Å². The first-order valence-electron chi connectivity index (χ1n) is 10.5. The van der Waals surface area contributed by atoms with Crippen LogP contribution in [-0.2, 0) is 16.1 Å². The fourth-order valence-electron chi connectivity index (χ4n) is 3.80. The van der Waals surface area contributed by atoms with Crippen molar-refractivity contribution >= 4 is 28.8 Å². The Morgan fingerprint density at radius 3 is 2.47 bits per heavy atom. The van der Waals surface area contributed by atoms with Gasteiger partial charge in [0.25, 0.3) is 0 Å². The van der Waals surface area contributed by atoms with Crippen molar-refractivity contribution in [1.82, 2.24) is 15.5 Å². The molecule has 2 amide bonds. The lowest BCUT2D eigenvalue weighted by Gasteiger charge is -2.39. The number of amides is 2. The average Bonchev–Trinajstić information content (AvgIpc) is 3.53. The van der Waals surface area contributed by atoms with Gasteiger partial charge in [-0.25, -0.2) is 4.39 Å². The number of nitrogens with zero attached hydrogens (tertiary/aromatic N) is 2. The summed E-state index contributed by atoms with van der Waals surface area (Å²) in [7, 11) is 0. The minimum Gasteiger partial charge on any atom is -0.468 e. The third kappa shape index (κ3) is 5.35. The number of para-hydroxylation sites is 1. The molecule has 2 aromatic heterocycles. The molecule has 0 radical (unpaired) electrons. The second kappa shape index (κ2) is 10.4. The van der Waals surface area contributed by atoms with Crippen LogP contribution in [0.5, 0.6) is 0 Å². The Hall–Kier alpha value is -3.17. The van der Waals surface area contributed by atoms with Crippen LogP contribution < -0.4 is 15.5 Å². The fraction of sp³-hybridized carbons (Fsp3) is 0.304. The number of halogens is 1. The molecule has 1 aromatic carbocycles. The highest BCUT2D eigenvalue weighted by Crippen LogP contribution is 2.25. The molecule has 32 heavy (non-hydrogen) atoms. The van der Waals surface area contributed by atoms with Gasteiger partial charge in [0, 0.05) is 37.6 Å². The molecule has 0 aliphatic carbocycles. The van der Waals surface area contributed by atoms with Gasteiger partial charge in [0.2, 0.25) is 0 Å². The molecule has 0 spiro atoms. The van der Waals surface area contributed by atoms with Crippen molar-refractivity contribution in [3.63, 3.8) is 0 Å². The van der Waals surface area contributed by atoms with Crippen LogP contribution in [0.4, 0.5) is 10.1 Å². The van der Waals surface area contributed by atoms with Gasteiger partial charge in [-0.2, -0.15) is 0 Å². The van der Waals surface area contributed by atoms with Crippen molar-refractivity contribution in [3.8, 4) is 0 Å². The van der Waals surface area contributed by atoms with Crippen LogP contribution >= 0.6 is 11.3 Å². The van der Waals surface area contributed by atoms with Crippen LogP contribution in [0.3, 0.4) is 0 Å². The molecule has 168 valence electrons. The fourth-order valence-corrected chi connectivity index (χ4v) is 4.45. The van der Waals surface area contributed by atoms with Gasteiger partial charge in [-0.3, -0.25) is 14.5 Å². The first-order valence-corrected chi connectivity index (χ1v) is 11.3. The highest BCUT2D eigenvalue weighted by molar-refractivity contribution is 7.09. The second-order valence-corrected chi connectivity index (χ2v) is 8.51. The number of thiophene rings is 1. The Morgan fingerprint density at radius 1 is 1.00 bits per heavy atom. The summed E-state index contributed by atoms with van der Waals surface area (Å²) >= 11 is 1.52. The van der Waals surface area contributed by atoms with Crippen LogP contribution in [0.1, 0.15) is 16.7 Å². The number of rotatable bonds is 7. The highest BCUT2D eigenvalue weighted by atomic mass is 32.1. The summed E-state index contributed by atoms with van der Waals surface area (Å²) in [6.45, 7) is 3.18. The lowest BCUT2D eigenvalue weighted by atomic mass is 10.1. The lowest BCUT2D eigenvalue weighted by molar-refractivity contribution is -0.139. The molecule has 1 saturated heterocycles. The molecule has 1 aliphatic rings. The molecule has 9 heteroatoms. The van der Waals surface area contributed by atoms with Crippen LogP contribution in [-0.4, -0.2) is 49.4 Å². The maximum absolute atomic E-state index is 14.1. The van der Waals surface area contributed by atoms with Gasteiger partial charge in [0.05, 0.1) is 24.5 Å². The third-order valence-electron chi connectivity index (χ3n) is 5.49. The van der Waals surface area contributed by atoms with E-state index in [9.17, 15) is 14.0 Å². The van der Waals surface area contributed by atoms with Crippen molar-refractivity contribution in [2.75, 3.05) is 37.6 Å². The number of carbonyl (C=O) groups excluding carboxylic acids is 2. The molecule has 2 N–H and O–H groups in total. The predicted molar refractivity (Wildman–Crippen MR) is 121 cm³/mol. The molecule has 1 fully saturated rings. The average molecular weight is 457 g/mol. The van der Waals surface area contributed by atoms with Crippen molar-refractivity contribution in [2.24, 2.45) is 0 Å². The summed E-state index contributed by atoms with van der Waals surface area (Å²) in [4.78, 5) is 29.6. The van der Waals surface area contributed by atoms with Gasteiger partial charge in [0.15, 0.2) is 0 Å². The molecule has 0 bridgehead atoms. The first-order chi connectivity index (χ1) is 15.6.